The van der Waals surface area contributed by atoms with Crippen molar-refractivity contribution < 1.29 is 19.1 Å². The molecule has 182 valence electrons. The molecule has 2 aromatic carbocycles. The van der Waals surface area contributed by atoms with Crippen molar-refractivity contribution in [2.75, 3.05) is 14.2 Å². The smallest absolute Gasteiger partial charge is 0.272 e. The Kier molecular flexibility index (Phi) is 6.59. The number of nitrogens with zero attached hydrogens (tertiary/aromatic N) is 3. The van der Waals surface area contributed by atoms with Crippen LogP contribution in [-0.4, -0.2) is 52.1 Å². The number of benzene rings is 2. The van der Waals surface area contributed by atoms with Gasteiger partial charge in [-0.05, 0) is 37.1 Å². The van der Waals surface area contributed by atoms with Crippen LogP contribution in [0.1, 0.15) is 44.6 Å². The summed E-state index contributed by atoms with van der Waals surface area (Å²) in [4.78, 5) is 40.3. The van der Waals surface area contributed by atoms with Gasteiger partial charge in [-0.25, -0.2) is 0 Å². The van der Waals surface area contributed by atoms with Crippen molar-refractivity contribution in [1.82, 2.24) is 25.3 Å². The number of hydrogen-bond acceptors (Lipinski definition) is 5. The fourth-order valence-electron chi connectivity index (χ4n) is 3.93. The molecule has 0 aliphatic carbocycles. The van der Waals surface area contributed by atoms with Crippen molar-refractivity contribution in [3.05, 3.63) is 82.7 Å². The van der Waals surface area contributed by atoms with Gasteiger partial charge in [-0.15, -0.1) is 0 Å². The van der Waals surface area contributed by atoms with Gasteiger partial charge in [0.25, 0.3) is 11.8 Å². The molecule has 1 aromatic heterocycles. The normalized spacial score (nSPS) is 17.0. The number of aromatic nitrogens is 2. The number of ether oxygens (including phenoxy) is 1. The number of fused-ring (bicyclic) bond motifs is 1. The molecule has 1 aliphatic heterocycles. The van der Waals surface area contributed by atoms with Gasteiger partial charge in [-0.2, -0.15) is 5.10 Å². The molecular formula is C26H29N5O4. The first-order chi connectivity index (χ1) is 16.7. The summed E-state index contributed by atoms with van der Waals surface area (Å²) in [5.41, 5.74) is 2.24. The summed E-state index contributed by atoms with van der Waals surface area (Å²) in [5.74, 6) is -0.328. The first-order valence-corrected chi connectivity index (χ1v) is 11.3. The minimum Gasteiger partial charge on any atom is -0.497 e. The zero-order valence-corrected chi connectivity index (χ0v) is 20.3. The molecule has 0 bridgehead atoms. The highest BCUT2D eigenvalue weighted by atomic mass is 16.5. The van der Waals surface area contributed by atoms with E-state index in [0.717, 1.165) is 22.4 Å². The number of nitrogens with one attached hydrogen (secondary N) is 2. The zero-order chi connectivity index (χ0) is 25.2. The summed E-state index contributed by atoms with van der Waals surface area (Å²) >= 11 is 0. The molecule has 3 aromatic rings. The van der Waals surface area contributed by atoms with Gasteiger partial charge >= 0.3 is 0 Å². The summed E-state index contributed by atoms with van der Waals surface area (Å²) in [5, 5.41) is 10.1. The monoisotopic (exact) mass is 475 g/mol. The molecule has 4 rings (SSSR count). The number of rotatable bonds is 7. The average Bonchev–Trinajstić information content (AvgIpc) is 3.29. The highest BCUT2D eigenvalue weighted by Crippen LogP contribution is 2.26. The van der Waals surface area contributed by atoms with Crippen molar-refractivity contribution in [2.45, 2.75) is 39.0 Å². The molecule has 0 saturated heterocycles. The Balaban J connectivity index is 1.44. The van der Waals surface area contributed by atoms with E-state index in [9.17, 15) is 14.4 Å². The lowest BCUT2D eigenvalue weighted by Crippen LogP contribution is -2.62. The molecule has 1 atom stereocenters. The standard InChI is InChI=1S/C26H29N5O4/c1-17-5-7-18(8-6-17)15-28-25(34)26(2)16-31-22(24(33)30(26)3)13-21(29-31)23(32)27-14-19-9-11-20(35-4)12-10-19/h5-13H,14-16H2,1-4H3,(H,27,32)(H,28,34). The number of likely N-dealkylation sites (N-methyl/N-ethyl adjacent to an activating group) is 1. The quantitative estimate of drug-likeness (QED) is 0.546. The Morgan fingerprint density at radius 3 is 2.26 bits per heavy atom. The summed E-state index contributed by atoms with van der Waals surface area (Å²) in [6, 6.07) is 16.7. The van der Waals surface area contributed by atoms with Crippen molar-refractivity contribution in [3.8, 4) is 5.75 Å². The van der Waals surface area contributed by atoms with Crippen LogP contribution in [0.25, 0.3) is 0 Å². The Morgan fingerprint density at radius 2 is 1.63 bits per heavy atom. The van der Waals surface area contributed by atoms with Crippen molar-refractivity contribution in [3.63, 3.8) is 0 Å². The molecule has 0 spiro atoms. The molecule has 3 amide bonds. The van der Waals surface area contributed by atoms with E-state index in [4.69, 9.17) is 4.74 Å². The van der Waals surface area contributed by atoms with Gasteiger partial charge in [0.1, 0.15) is 17.0 Å². The lowest BCUT2D eigenvalue weighted by Gasteiger charge is -2.40. The molecule has 0 saturated carbocycles. The highest BCUT2D eigenvalue weighted by Gasteiger charge is 2.46. The topological polar surface area (TPSA) is 106 Å². The largest absolute Gasteiger partial charge is 0.497 e. The van der Waals surface area contributed by atoms with Crippen molar-refractivity contribution in [1.29, 1.82) is 0 Å². The van der Waals surface area contributed by atoms with Crippen molar-refractivity contribution >= 4 is 17.7 Å². The predicted molar refractivity (Wildman–Crippen MR) is 130 cm³/mol. The zero-order valence-electron chi connectivity index (χ0n) is 20.3. The van der Waals surface area contributed by atoms with E-state index in [2.05, 4.69) is 15.7 Å². The highest BCUT2D eigenvalue weighted by molar-refractivity contribution is 6.01. The number of aryl methyl sites for hydroxylation is 1. The van der Waals surface area contributed by atoms with Gasteiger partial charge in [0, 0.05) is 26.2 Å². The van der Waals surface area contributed by atoms with Crippen LogP contribution < -0.4 is 15.4 Å². The number of carbonyl (C=O) groups is 3. The number of amides is 3. The first-order valence-electron chi connectivity index (χ1n) is 11.3. The van der Waals surface area contributed by atoms with Crippen LogP contribution >= 0.6 is 0 Å². The minimum absolute atomic E-state index is 0.125. The molecule has 1 aliphatic rings. The van der Waals surface area contributed by atoms with E-state index in [1.165, 1.54) is 15.6 Å². The van der Waals surface area contributed by atoms with E-state index in [0.29, 0.717) is 13.1 Å². The summed E-state index contributed by atoms with van der Waals surface area (Å²) < 4.78 is 6.58. The van der Waals surface area contributed by atoms with Crippen molar-refractivity contribution in [2.24, 2.45) is 0 Å². The third-order valence-corrected chi connectivity index (χ3v) is 6.41. The number of hydrogen-bond donors (Lipinski definition) is 2. The number of carbonyl (C=O) groups excluding carboxylic acids is 3. The molecule has 1 unspecified atom stereocenters. The van der Waals surface area contributed by atoms with Gasteiger partial charge in [-0.1, -0.05) is 42.0 Å². The first kappa shape index (κ1) is 24.0. The van der Waals surface area contributed by atoms with Gasteiger partial charge in [0.15, 0.2) is 5.69 Å². The Hall–Kier alpha value is -4.14. The molecule has 2 heterocycles. The Labute approximate surface area is 204 Å². The molecular weight excluding hydrogens is 446 g/mol. The molecule has 2 N–H and O–H groups in total. The maximum Gasteiger partial charge on any atom is 0.272 e. The van der Waals surface area contributed by atoms with Gasteiger partial charge in [0.2, 0.25) is 5.91 Å². The Morgan fingerprint density at radius 1 is 1.03 bits per heavy atom. The van der Waals surface area contributed by atoms with Crippen LogP contribution in [0.3, 0.4) is 0 Å². The lowest BCUT2D eigenvalue weighted by molar-refractivity contribution is -0.132. The van der Waals surface area contributed by atoms with E-state index in [-0.39, 0.29) is 29.7 Å². The summed E-state index contributed by atoms with van der Waals surface area (Å²) in [7, 11) is 3.18. The maximum atomic E-state index is 13.1. The maximum absolute atomic E-state index is 13.1. The predicted octanol–water partition coefficient (Wildman–Crippen LogP) is 2.29. The van der Waals surface area contributed by atoms with Crippen LogP contribution in [0.2, 0.25) is 0 Å². The van der Waals surface area contributed by atoms with E-state index >= 15 is 0 Å². The SMILES string of the molecule is COc1ccc(CNC(=O)c2cc3n(n2)CC(C)(C(=O)NCc2ccc(C)cc2)N(C)C3=O)cc1. The molecule has 0 fully saturated rings. The fourth-order valence-corrected chi connectivity index (χ4v) is 3.93. The number of methoxy groups -OCH3 is 1. The third-order valence-electron chi connectivity index (χ3n) is 6.41. The Bertz CT molecular complexity index is 1250. The average molecular weight is 476 g/mol. The van der Waals surface area contributed by atoms with Gasteiger partial charge in [0.05, 0.1) is 13.7 Å². The summed E-state index contributed by atoms with van der Waals surface area (Å²) in [6.07, 6.45) is 0. The second kappa shape index (κ2) is 9.61. The van der Waals surface area contributed by atoms with Crippen LogP contribution in [0.5, 0.6) is 5.75 Å². The minimum atomic E-state index is -1.16. The van der Waals surface area contributed by atoms with Crippen LogP contribution in [0.15, 0.2) is 54.6 Å². The molecule has 0 radical (unpaired) electrons. The van der Waals surface area contributed by atoms with E-state index < -0.39 is 11.4 Å². The second-order valence-electron chi connectivity index (χ2n) is 8.91. The summed E-state index contributed by atoms with van der Waals surface area (Å²) in [6.45, 7) is 4.49. The molecule has 9 nitrogen and oxygen atoms in total. The van der Waals surface area contributed by atoms with E-state index in [1.54, 1.807) is 21.1 Å². The van der Waals surface area contributed by atoms with Crippen LogP contribution in [-0.2, 0) is 24.4 Å². The van der Waals surface area contributed by atoms with Gasteiger partial charge < -0.3 is 20.3 Å². The lowest BCUT2D eigenvalue weighted by atomic mass is 9.95. The van der Waals surface area contributed by atoms with Crippen LogP contribution in [0.4, 0.5) is 0 Å². The molecule has 35 heavy (non-hydrogen) atoms. The molecule has 9 heteroatoms. The van der Waals surface area contributed by atoms with E-state index in [1.807, 2.05) is 55.5 Å². The fraction of sp³-hybridized carbons (Fsp3) is 0.308. The van der Waals surface area contributed by atoms with Gasteiger partial charge in [-0.3, -0.25) is 19.1 Å². The third kappa shape index (κ3) is 4.89. The van der Waals surface area contributed by atoms with Crippen LogP contribution in [0, 0.1) is 6.92 Å². The second-order valence-corrected chi connectivity index (χ2v) is 8.91.